The maximum absolute atomic E-state index is 11.8. The quantitative estimate of drug-likeness (QED) is 0.717. The molecule has 1 heterocycles. The lowest BCUT2D eigenvalue weighted by Gasteiger charge is -2.32. The van der Waals surface area contributed by atoms with Crippen molar-refractivity contribution in [3.05, 3.63) is 0 Å². The van der Waals surface area contributed by atoms with Gasteiger partial charge in [-0.3, -0.25) is 4.79 Å². The Morgan fingerprint density at radius 1 is 1.33 bits per heavy atom. The van der Waals surface area contributed by atoms with Gasteiger partial charge in [-0.15, -0.1) is 0 Å². The van der Waals surface area contributed by atoms with Gasteiger partial charge in [0.1, 0.15) is 9.84 Å². The fourth-order valence-electron chi connectivity index (χ4n) is 2.19. The van der Waals surface area contributed by atoms with E-state index < -0.39 is 9.84 Å². The summed E-state index contributed by atoms with van der Waals surface area (Å²) in [6.45, 7) is 2.26. The number of rotatable bonds is 6. The molecule has 1 saturated heterocycles. The molecule has 0 N–H and O–H groups in total. The number of piperidine rings is 1. The monoisotopic (exact) mass is 277 g/mol. The maximum Gasteiger partial charge on any atom is 0.223 e. The summed E-state index contributed by atoms with van der Waals surface area (Å²) in [6.07, 6.45) is 4.31. The maximum atomic E-state index is 11.8. The summed E-state index contributed by atoms with van der Waals surface area (Å²) in [5, 5.41) is 0. The molecule has 6 heteroatoms. The summed E-state index contributed by atoms with van der Waals surface area (Å²) in [7, 11) is -1.35. The molecule has 0 spiro atoms. The zero-order valence-electron chi connectivity index (χ0n) is 11.2. The normalized spacial score (nSPS) is 18.0. The van der Waals surface area contributed by atoms with E-state index in [4.69, 9.17) is 4.74 Å². The minimum absolute atomic E-state index is 0.0365. The fourth-order valence-corrected chi connectivity index (χ4v) is 2.73. The third kappa shape index (κ3) is 5.82. The average Bonchev–Trinajstić information content (AvgIpc) is 2.33. The van der Waals surface area contributed by atoms with Gasteiger partial charge in [-0.05, 0) is 25.2 Å². The number of ether oxygens (including phenoxy) is 1. The van der Waals surface area contributed by atoms with E-state index in [1.54, 1.807) is 12.0 Å². The average molecular weight is 277 g/mol. The largest absolute Gasteiger partial charge is 0.385 e. The Labute approximate surface area is 109 Å². The van der Waals surface area contributed by atoms with E-state index >= 15 is 0 Å². The topological polar surface area (TPSA) is 63.7 Å². The number of methoxy groups -OCH3 is 1. The van der Waals surface area contributed by atoms with Crippen LogP contribution < -0.4 is 0 Å². The molecule has 18 heavy (non-hydrogen) atoms. The number of carbonyl (C=O) groups is 1. The number of carbonyl (C=O) groups excluding carboxylic acids is 1. The molecule has 1 fully saturated rings. The van der Waals surface area contributed by atoms with Gasteiger partial charge in [0, 0.05) is 39.5 Å². The third-order valence-electron chi connectivity index (χ3n) is 3.38. The van der Waals surface area contributed by atoms with Gasteiger partial charge in [0.2, 0.25) is 5.91 Å². The van der Waals surface area contributed by atoms with Gasteiger partial charge in [0.05, 0.1) is 5.75 Å². The highest BCUT2D eigenvalue weighted by Gasteiger charge is 2.22. The molecule has 106 valence electrons. The molecule has 1 amide bonds. The Morgan fingerprint density at radius 2 is 1.94 bits per heavy atom. The molecule has 0 radical (unpaired) electrons. The second-order valence-corrected chi connectivity index (χ2v) is 7.25. The number of hydrogen-bond acceptors (Lipinski definition) is 4. The molecule has 1 aliphatic heterocycles. The Balaban J connectivity index is 2.27. The second-order valence-electron chi connectivity index (χ2n) is 4.99. The predicted molar refractivity (Wildman–Crippen MR) is 70.1 cm³/mol. The number of amides is 1. The van der Waals surface area contributed by atoms with E-state index in [0.29, 0.717) is 5.92 Å². The molecule has 0 aromatic heterocycles. The highest BCUT2D eigenvalue weighted by Crippen LogP contribution is 2.20. The van der Waals surface area contributed by atoms with Crippen molar-refractivity contribution in [2.45, 2.75) is 25.7 Å². The molecule has 1 aliphatic rings. The van der Waals surface area contributed by atoms with Crippen LogP contribution in [-0.4, -0.2) is 58.0 Å². The van der Waals surface area contributed by atoms with E-state index in [-0.39, 0.29) is 18.1 Å². The first-order valence-corrected chi connectivity index (χ1v) is 8.43. The molecule has 0 aromatic carbocycles. The van der Waals surface area contributed by atoms with Crippen LogP contribution in [0.5, 0.6) is 0 Å². The van der Waals surface area contributed by atoms with E-state index in [1.165, 1.54) is 0 Å². The lowest BCUT2D eigenvalue weighted by Crippen LogP contribution is -2.39. The van der Waals surface area contributed by atoms with Crippen molar-refractivity contribution in [1.29, 1.82) is 0 Å². The Morgan fingerprint density at radius 3 is 2.44 bits per heavy atom. The van der Waals surface area contributed by atoms with Crippen LogP contribution in [-0.2, 0) is 19.4 Å². The molecule has 0 saturated carbocycles. The van der Waals surface area contributed by atoms with Crippen molar-refractivity contribution in [3.8, 4) is 0 Å². The van der Waals surface area contributed by atoms with Gasteiger partial charge in [-0.2, -0.15) is 0 Å². The lowest BCUT2D eigenvalue weighted by molar-refractivity contribution is -0.132. The van der Waals surface area contributed by atoms with Gasteiger partial charge >= 0.3 is 0 Å². The number of nitrogens with zero attached hydrogens (tertiary/aromatic N) is 1. The van der Waals surface area contributed by atoms with Crippen LogP contribution in [0.25, 0.3) is 0 Å². The van der Waals surface area contributed by atoms with Gasteiger partial charge in [0.25, 0.3) is 0 Å². The molecular formula is C12H23NO4S. The summed E-state index contributed by atoms with van der Waals surface area (Å²) >= 11 is 0. The summed E-state index contributed by atoms with van der Waals surface area (Å²) in [5.41, 5.74) is 0. The van der Waals surface area contributed by atoms with Crippen LogP contribution >= 0.6 is 0 Å². The number of sulfone groups is 1. The molecule has 0 unspecified atom stereocenters. The van der Waals surface area contributed by atoms with E-state index in [2.05, 4.69) is 0 Å². The van der Waals surface area contributed by atoms with Gasteiger partial charge in [-0.25, -0.2) is 8.42 Å². The predicted octanol–water partition coefficient (Wildman–Crippen LogP) is 0.696. The summed E-state index contributed by atoms with van der Waals surface area (Å²) in [4.78, 5) is 13.6. The Kier molecular flexibility index (Phi) is 6.08. The Bertz CT molecular complexity index is 358. The standard InChI is InChI=1S/C12H23NO4S/c1-17-9-5-11-3-7-13(8-4-11)12(14)6-10-18(2,15)16/h11H,3-10H2,1-2H3. The zero-order chi connectivity index (χ0) is 13.6. The van der Waals surface area contributed by atoms with Gasteiger partial charge in [-0.1, -0.05) is 0 Å². The van der Waals surface area contributed by atoms with Crippen molar-refractivity contribution in [3.63, 3.8) is 0 Å². The van der Waals surface area contributed by atoms with E-state index in [1.807, 2.05) is 0 Å². The number of likely N-dealkylation sites (tertiary alicyclic amines) is 1. The molecule has 0 bridgehead atoms. The molecule has 1 rings (SSSR count). The molecular weight excluding hydrogens is 254 g/mol. The van der Waals surface area contributed by atoms with Crippen molar-refractivity contribution >= 4 is 15.7 Å². The number of hydrogen-bond donors (Lipinski definition) is 0. The highest BCUT2D eigenvalue weighted by atomic mass is 32.2. The van der Waals surface area contributed by atoms with E-state index in [0.717, 1.165) is 45.2 Å². The summed E-state index contributed by atoms with van der Waals surface area (Å²) in [5.74, 6) is 0.546. The van der Waals surface area contributed by atoms with Gasteiger partial charge in [0.15, 0.2) is 0 Å². The molecule has 0 aliphatic carbocycles. The first-order valence-electron chi connectivity index (χ1n) is 6.37. The second kappa shape index (κ2) is 7.09. The fraction of sp³-hybridized carbons (Fsp3) is 0.917. The SMILES string of the molecule is COCCC1CCN(C(=O)CCS(C)(=O)=O)CC1. The molecule has 0 atom stereocenters. The third-order valence-corrected chi connectivity index (χ3v) is 4.33. The smallest absolute Gasteiger partial charge is 0.223 e. The minimum atomic E-state index is -3.04. The molecule has 0 aromatic rings. The summed E-state index contributed by atoms with van der Waals surface area (Å²) in [6, 6.07) is 0. The first kappa shape index (κ1) is 15.4. The van der Waals surface area contributed by atoms with Crippen LogP contribution in [0, 0.1) is 5.92 Å². The first-order chi connectivity index (χ1) is 8.42. The van der Waals surface area contributed by atoms with Crippen molar-refractivity contribution in [2.75, 3.05) is 38.8 Å². The van der Waals surface area contributed by atoms with Crippen LogP contribution in [0.2, 0.25) is 0 Å². The van der Waals surface area contributed by atoms with Crippen LogP contribution in [0.3, 0.4) is 0 Å². The van der Waals surface area contributed by atoms with E-state index in [9.17, 15) is 13.2 Å². The highest BCUT2D eigenvalue weighted by molar-refractivity contribution is 7.90. The van der Waals surface area contributed by atoms with Crippen molar-refractivity contribution < 1.29 is 17.9 Å². The van der Waals surface area contributed by atoms with Crippen molar-refractivity contribution in [2.24, 2.45) is 5.92 Å². The lowest BCUT2D eigenvalue weighted by atomic mass is 9.94. The van der Waals surface area contributed by atoms with Crippen LogP contribution in [0.15, 0.2) is 0 Å². The Hall–Kier alpha value is -0.620. The van der Waals surface area contributed by atoms with Crippen LogP contribution in [0.4, 0.5) is 0 Å². The minimum Gasteiger partial charge on any atom is -0.385 e. The summed E-state index contributed by atoms with van der Waals surface area (Å²) < 4.78 is 27.1. The molecule has 5 nitrogen and oxygen atoms in total. The van der Waals surface area contributed by atoms with Crippen LogP contribution in [0.1, 0.15) is 25.7 Å². The van der Waals surface area contributed by atoms with Crippen molar-refractivity contribution in [1.82, 2.24) is 4.90 Å². The zero-order valence-corrected chi connectivity index (χ0v) is 12.0. The van der Waals surface area contributed by atoms with Gasteiger partial charge < -0.3 is 9.64 Å².